The number of nitriles is 1. The number of halogens is 2. The van der Waals surface area contributed by atoms with Crippen molar-refractivity contribution in [1.82, 2.24) is 0 Å². The van der Waals surface area contributed by atoms with Crippen molar-refractivity contribution in [2.75, 3.05) is 6.61 Å². The zero-order valence-electron chi connectivity index (χ0n) is 21.6. The predicted octanol–water partition coefficient (Wildman–Crippen LogP) is 9.52. The molecule has 40 heavy (non-hydrogen) atoms. The lowest BCUT2D eigenvalue weighted by molar-refractivity contribution is 0.269. The molecule has 7 heteroatoms. The van der Waals surface area contributed by atoms with Gasteiger partial charge >= 0.3 is 0 Å². The Labute approximate surface area is 242 Å². The minimum atomic E-state index is 0.232. The highest BCUT2D eigenvalue weighted by molar-refractivity contribution is 6.35. The molecule has 0 atom stereocenters. The molecule has 0 aliphatic heterocycles. The van der Waals surface area contributed by atoms with Gasteiger partial charge in [0, 0.05) is 33.0 Å². The number of hydrogen-bond acceptors (Lipinski definition) is 5. The van der Waals surface area contributed by atoms with Gasteiger partial charge in [0.25, 0.3) is 0 Å². The summed E-state index contributed by atoms with van der Waals surface area (Å²) in [5.74, 6) is 1.95. The second-order valence-corrected chi connectivity index (χ2v) is 9.60. The van der Waals surface area contributed by atoms with Crippen LogP contribution in [-0.2, 0) is 6.61 Å². The van der Waals surface area contributed by atoms with E-state index in [1.807, 2.05) is 91.9 Å². The first-order chi connectivity index (χ1) is 19.6. The van der Waals surface area contributed by atoms with Crippen LogP contribution in [0.5, 0.6) is 11.5 Å². The summed E-state index contributed by atoms with van der Waals surface area (Å²) >= 11 is 12.3. The van der Waals surface area contributed by atoms with Gasteiger partial charge in [0.2, 0.25) is 5.88 Å². The lowest BCUT2D eigenvalue weighted by atomic mass is 9.98. The molecule has 0 radical (unpaired) electrons. The number of aliphatic imine (C=N–C) groups is 1. The number of benzene rings is 4. The van der Waals surface area contributed by atoms with Crippen molar-refractivity contribution in [1.29, 1.82) is 5.26 Å². The van der Waals surface area contributed by atoms with E-state index >= 15 is 0 Å². The van der Waals surface area contributed by atoms with Crippen molar-refractivity contribution in [2.45, 2.75) is 13.5 Å². The van der Waals surface area contributed by atoms with Gasteiger partial charge in [-0.3, -0.25) is 0 Å². The Morgan fingerprint density at radius 1 is 0.850 bits per heavy atom. The molecule has 5 aromatic rings. The van der Waals surface area contributed by atoms with E-state index < -0.39 is 0 Å². The van der Waals surface area contributed by atoms with Gasteiger partial charge in [-0.05, 0) is 48.4 Å². The fraction of sp³-hybridized carbons (Fsp3) is 0.0909. The normalized spacial score (nSPS) is 10.9. The fourth-order valence-corrected chi connectivity index (χ4v) is 4.67. The molecule has 198 valence electrons. The lowest BCUT2D eigenvalue weighted by Gasteiger charge is -2.13. The topological polar surface area (TPSA) is 67.8 Å². The smallest absolute Gasteiger partial charge is 0.238 e. The van der Waals surface area contributed by atoms with Crippen LogP contribution in [0.3, 0.4) is 0 Å². The van der Waals surface area contributed by atoms with E-state index in [1.54, 1.807) is 18.3 Å². The van der Waals surface area contributed by atoms with Crippen LogP contribution in [0.15, 0.2) is 106 Å². The maximum absolute atomic E-state index is 10.1. The van der Waals surface area contributed by atoms with Crippen LogP contribution in [0.4, 0.5) is 5.88 Å². The molecular weight excluding hydrogens is 543 g/mol. The van der Waals surface area contributed by atoms with Crippen LogP contribution in [0.1, 0.15) is 23.6 Å². The molecule has 1 aromatic heterocycles. The van der Waals surface area contributed by atoms with Crippen molar-refractivity contribution in [3.63, 3.8) is 0 Å². The highest BCUT2D eigenvalue weighted by Gasteiger charge is 2.22. The van der Waals surface area contributed by atoms with E-state index in [2.05, 4.69) is 11.1 Å². The third kappa shape index (κ3) is 6.05. The molecule has 0 aliphatic carbocycles. The first-order valence-corrected chi connectivity index (χ1v) is 13.4. The van der Waals surface area contributed by atoms with E-state index in [0.29, 0.717) is 45.0 Å². The molecule has 0 fully saturated rings. The third-order valence-corrected chi connectivity index (χ3v) is 6.68. The fourth-order valence-electron chi connectivity index (χ4n) is 4.21. The highest BCUT2D eigenvalue weighted by Crippen LogP contribution is 2.42. The second kappa shape index (κ2) is 12.6. The van der Waals surface area contributed by atoms with Crippen LogP contribution < -0.4 is 9.47 Å². The molecule has 0 amide bonds. The molecule has 0 saturated heterocycles. The number of hydrogen-bond donors (Lipinski definition) is 0. The molecule has 0 spiro atoms. The van der Waals surface area contributed by atoms with Crippen molar-refractivity contribution in [2.24, 2.45) is 4.99 Å². The summed E-state index contributed by atoms with van der Waals surface area (Å²) in [5, 5.41) is 11.2. The van der Waals surface area contributed by atoms with Crippen molar-refractivity contribution in [3.05, 3.63) is 124 Å². The quantitative estimate of drug-likeness (QED) is 0.166. The van der Waals surface area contributed by atoms with E-state index in [9.17, 15) is 5.26 Å². The molecule has 5 rings (SSSR count). The standard InChI is InChI=1S/C33H24Cl2N2O3/c1-2-38-30-17-22(13-16-29(30)39-21-25-14-15-26(34)18-28(25)35)20-37-33-27(19-36)31(23-9-5-3-6-10-23)32(40-33)24-11-7-4-8-12-24/h3-18,20H,2,21H2,1H3. The summed E-state index contributed by atoms with van der Waals surface area (Å²) in [7, 11) is 0. The Morgan fingerprint density at radius 2 is 1.57 bits per heavy atom. The minimum absolute atomic E-state index is 0.232. The van der Waals surface area contributed by atoms with E-state index in [1.165, 1.54) is 0 Å². The summed E-state index contributed by atoms with van der Waals surface area (Å²) < 4.78 is 18.1. The van der Waals surface area contributed by atoms with Gasteiger partial charge in [0.15, 0.2) is 11.5 Å². The molecule has 0 saturated carbocycles. The van der Waals surface area contributed by atoms with Gasteiger partial charge in [0.05, 0.1) is 6.61 Å². The van der Waals surface area contributed by atoms with Crippen LogP contribution in [-0.4, -0.2) is 12.8 Å². The van der Waals surface area contributed by atoms with Gasteiger partial charge in [-0.1, -0.05) is 89.9 Å². The molecular formula is C33H24Cl2N2O3. The van der Waals surface area contributed by atoms with Gasteiger partial charge in [-0.2, -0.15) is 5.26 Å². The predicted molar refractivity (Wildman–Crippen MR) is 160 cm³/mol. The molecule has 1 heterocycles. The summed E-state index contributed by atoms with van der Waals surface area (Å²) in [6.07, 6.45) is 1.64. The molecule has 5 nitrogen and oxygen atoms in total. The van der Waals surface area contributed by atoms with Crippen LogP contribution in [0.25, 0.3) is 22.5 Å². The Hall–Kier alpha value is -4.50. The van der Waals surface area contributed by atoms with Crippen LogP contribution >= 0.6 is 23.2 Å². The van der Waals surface area contributed by atoms with Crippen molar-refractivity contribution in [3.8, 4) is 40.0 Å². The molecule has 0 bridgehead atoms. The first kappa shape index (κ1) is 27.1. The zero-order chi connectivity index (χ0) is 27.9. The minimum Gasteiger partial charge on any atom is -0.490 e. The monoisotopic (exact) mass is 566 g/mol. The molecule has 0 aliphatic rings. The zero-order valence-corrected chi connectivity index (χ0v) is 23.1. The average Bonchev–Trinajstić information content (AvgIpc) is 3.36. The number of nitrogens with zero attached hydrogens (tertiary/aromatic N) is 2. The van der Waals surface area contributed by atoms with Crippen LogP contribution in [0, 0.1) is 11.3 Å². The lowest BCUT2D eigenvalue weighted by Crippen LogP contribution is -2.01. The van der Waals surface area contributed by atoms with Gasteiger partial charge in [-0.15, -0.1) is 0 Å². The van der Waals surface area contributed by atoms with Gasteiger partial charge in [0.1, 0.15) is 24.0 Å². The number of rotatable bonds is 9. The highest BCUT2D eigenvalue weighted by atomic mass is 35.5. The van der Waals surface area contributed by atoms with Gasteiger partial charge < -0.3 is 13.9 Å². The SMILES string of the molecule is CCOc1cc(C=Nc2oc(-c3ccccc3)c(-c3ccccc3)c2C#N)ccc1OCc1ccc(Cl)cc1Cl. The molecule has 0 N–H and O–H groups in total. The van der Waals surface area contributed by atoms with Crippen LogP contribution in [0.2, 0.25) is 10.0 Å². The summed E-state index contributed by atoms with van der Waals surface area (Å²) in [4.78, 5) is 4.58. The Bertz CT molecular complexity index is 1690. The maximum atomic E-state index is 10.1. The third-order valence-electron chi connectivity index (χ3n) is 6.10. The summed E-state index contributed by atoms with van der Waals surface area (Å²) in [6, 6.07) is 32.5. The second-order valence-electron chi connectivity index (χ2n) is 8.75. The van der Waals surface area contributed by atoms with E-state index in [-0.39, 0.29) is 12.5 Å². The Kier molecular flexibility index (Phi) is 8.51. The van der Waals surface area contributed by atoms with Crippen molar-refractivity contribution >= 4 is 35.3 Å². The van der Waals surface area contributed by atoms with E-state index in [0.717, 1.165) is 22.3 Å². The van der Waals surface area contributed by atoms with Crippen molar-refractivity contribution < 1.29 is 13.9 Å². The number of ether oxygens (including phenoxy) is 2. The Balaban J connectivity index is 1.47. The number of furan rings is 1. The summed E-state index contributed by atoms with van der Waals surface area (Å²) in [5.41, 5.74) is 4.38. The largest absolute Gasteiger partial charge is 0.490 e. The Morgan fingerprint density at radius 3 is 2.25 bits per heavy atom. The van der Waals surface area contributed by atoms with E-state index in [4.69, 9.17) is 37.1 Å². The summed E-state index contributed by atoms with van der Waals surface area (Å²) in [6.45, 7) is 2.61. The molecule has 0 unspecified atom stereocenters. The molecule has 4 aromatic carbocycles. The van der Waals surface area contributed by atoms with Gasteiger partial charge in [-0.25, -0.2) is 4.99 Å². The first-order valence-electron chi connectivity index (χ1n) is 12.6. The maximum Gasteiger partial charge on any atom is 0.238 e. The average molecular weight is 567 g/mol.